The molecule has 0 saturated carbocycles. The Balaban J connectivity index is 1.86. The number of nitrogens with one attached hydrogen (secondary N) is 2. The van der Waals surface area contributed by atoms with Crippen molar-refractivity contribution in [1.29, 1.82) is 0 Å². The summed E-state index contributed by atoms with van der Waals surface area (Å²) in [4.78, 5) is 35.5. The second-order valence-electron chi connectivity index (χ2n) is 5.55. The Kier molecular flexibility index (Phi) is 6.60. The second kappa shape index (κ2) is 8.69. The fraction of sp³-hybridized carbons (Fsp3) is 0.167. The zero-order valence-corrected chi connectivity index (χ0v) is 15.6. The summed E-state index contributed by atoms with van der Waals surface area (Å²) in [6.07, 6.45) is 0. The van der Waals surface area contributed by atoms with Crippen molar-refractivity contribution in [2.24, 2.45) is 0 Å². The van der Waals surface area contributed by atoms with E-state index < -0.39 is 24.5 Å². The number of carbonyl (C=O) groups excluding carboxylic acids is 3. The van der Waals surface area contributed by atoms with Gasteiger partial charge in [0.05, 0.1) is 5.56 Å². The third-order valence-corrected chi connectivity index (χ3v) is 3.75. The van der Waals surface area contributed by atoms with Gasteiger partial charge in [-0.1, -0.05) is 40.9 Å². The molecule has 2 rings (SSSR count). The summed E-state index contributed by atoms with van der Waals surface area (Å²) in [6, 6.07) is 8.93. The molecule has 2 N–H and O–H groups in total. The van der Waals surface area contributed by atoms with E-state index in [0.717, 1.165) is 11.1 Å². The van der Waals surface area contributed by atoms with Gasteiger partial charge in [-0.3, -0.25) is 10.1 Å². The molecular formula is C18H16Cl2N2O4. The van der Waals surface area contributed by atoms with Crippen LogP contribution in [0.3, 0.4) is 0 Å². The number of halogens is 2. The maximum absolute atomic E-state index is 11.9. The minimum Gasteiger partial charge on any atom is -0.452 e. The fourth-order valence-electron chi connectivity index (χ4n) is 2.16. The molecule has 0 atom stereocenters. The molecule has 26 heavy (non-hydrogen) atoms. The van der Waals surface area contributed by atoms with Crippen molar-refractivity contribution < 1.29 is 19.1 Å². The van der Waals surface area contributed by atoms with Crippen molar-refractivity contribution in [1.82, 2.24) is 5.32 Å². The SMILES string of the molecule is Cc1ccc(NC(=O)NC(=O)COC(=O)c2cc(Cl)cc(Cl)c2)c(C)c1. The molecule has 0 saturated heterocycles. The van der Waals surface area contributed by atoms with Gasteiger partial charge >= 0.3 is 12.0 Å². The summed E-state index contributed by atoms with van der Waals surface area (Å²) in [5, 5.41) is 5.17. The summed E-state index contributed by atoms with van der Waals surface area (Å²) in [5.41, 5.74) is 2.59. The first-order valence-electron chi connectivity index (χ1n) is 7.56. The third kappa shape index (κ3) is 5.75. The topological polar surface area (TPSA) is 84.5 Å². The summed E-state index contributed by atoms with van der Waals surface area (Å²) in [7, 11) is 0. The molecule has 0 bridgehead atoms. The maximum Gasteiger partial charge on any atom is 0.338 e. The number of amides is 3. The van der Waals surface area contributed by atoms with Crippen molar-refractivity contribution in [3.05, 3.63) is 63.1 Å². The average molecular weight is 395 g/mol. The predicted molar refractivity (Wildman–Crippen MR) is 99.8 cm³/mol. The van der Waals surface area contributed by atoms with Gasteiger partial charge in [-0.05, 0) is 43.7 Å². The Labute approximate surface area is 160 Å². The molecule has 0 aliphatic heterocycles. The highest BCUT2D eigenvalue weighted by Gasteiger charge is 2.14. The van der Waals surface area contributed by atoms with E-state index in [2.05, 4.69) is 10.6 Å². The molecule has 0 fully saturated rings. The summed E-state index contributed by atoms with van der Waals surface area (Å²) < 4.78 is 4.84. The standard InChI is InChI=1S/C18H16Cl2N2O4/c1-10-3-4-15(11(2)5-10)21-18(25)22-16(23)9-26-17(24)12-6-13(19)8-14(20)7-12/h3-8H,9H2,1-2H3,(H2,21,22,23,25). The summed E-state index contributed by atoms with van der Waals surface area (Å²) >= 11 is 11.6. The van der Waals surface area contributed by atoms with Crippen LogP contribution in [0.25, 0.3) is 0 Å². The Hall–Kier alpha value is -2.57. The number of benzene rings is 2. The highest BCUT2D eigenvalue weighted by atomic mass is 35.5. The van der Waals surface area contributed by atoms with Gasteiger partial charge in [0.2, 0.25) is 0 Å². The van der Waals surface area contributed by atoms with Gasteiger partial charge in [0.1, 0.15) is 0 Å². The second-order valence-corrected chi connectivity index (χ2v) is 6.43. The van der Waals surface area contributed by atoms with E-state index in [1.165, 1.54) is 18.2 Å². The number of aryl methyl sites for hydroxylation is 2. The number of esters is 1. The van der Waals surface area contributed by atoms with E-state index >= 15 is 0 Å². The van der Waals surface area contributed by atoms with E-state index in [1.54, 1.807) is 6.07 Å². The first-order chi connectivity index (χ1) is 12.2. The van der Waals surface area contributed by atoms with Crippen LogP contribution in [-0.2, 0) is 9.53 Å². The quantitative estimate of drug-likeness (QED) is 0.763. The number of imide groups is 1. The van der Waals surface area contributed by atoms with Crippen LogP contribution in [-0.4, -0.2) is 24.5 Å². The van der Waals surface area contributed by atoms with Crippen LogP contribution in [0.1, 0.15) is 21.5 Å². The van der Waals surface area contributed by atoms with Crippen molar-refractivity contribution >= 4 is 46.8 Å². The van der Waals surface area contributed by atoms with Crippen LogP contribution in [0.2, 0.25) is 10.0 Å². The third-order valence-electron chi connectivity index (χ3n) is 3.32. The molecule has 0 radical (unpaired) electrons. The van der Waals surface area contributed by atoms with E-state index in [4.69, 9.17) is 27.9 Å². The average Bonchev–Trinajstić information content (AvgIpc) is 2.54. The first kappa shape index (κ1) is 19.8. The minimum atomic E-state index is -0.778. The van der Waals surface area contributed by atoms with Gasteiger partial charge in [0.25, 0.3) is 5.91 Å². The van der Waals surface area contributed by atoms with E-state index in [9.17, 15) is 14.4 Å². The molecule has 0 aromatic heterocycles. The Morgan fingerprint density at radius 3 is 2.27 bits per heavy atom. The van der Waals surface area contributed by atoms with Gasteiger partial charge in [0, 0.05) is 15.7 Å². The molecule has 2 aromatic carbocycles. The molecule has 2 aromatic rings. The Morgan fingerprint density at radius 1 is 1.00 bits per heavy atom. The van der Waals surface area contributed by atoms with Crippen LogP contribution in [0.4, 0.5) is 10.5 Å². The molecule has 8 heteroatoms. The lowest BCUT2D eigenvalue weighted by molar-refractivity contribution is -0.123. The highest BCUT2D eigenvalue weighted by Crippen LogP contribution is 2.19. The number of ether oxygens (including phenoxy) is 1. The minimum absolute atomic E-state index is 0.107. The smallest absolute Gasteiger partial charge is 0.338 e. The molecule has 0 heterocycles. The molecule has 0 spiro atoms. The van der Waals surface area contributed by atoms with Crippen LogP contribution >= 0.6 is 23.2 Å². The monoisotopic (exact) mass is 394 g/mol. The molecule has 3 amide bonds. The number of carbonyl (C=O) groups is 3. The highest BCUT2D eigenvalue weighted by molar-refractivity contribution is 6.35. The zero-order valence-electron chi connectivity index (χ0n) is 14.1. The zero-order chi connectivity index (χ0) is 19.3. The molecule has 0 unspecified atom stereocenters. The largest absolute Gasteiger partial charge is 0.452 e. The Morgan fingerprint density at radius 2 is 1.65 bits per heavy atom. The van der Waals surface area contributed by atoms with E-state index in [0.29, 0.717) is 5.69 Å². The van der Waals surface area contributed by atoms with Crippen molar-refractivity contribution in [2.45, 2.75) is 13.8 Å². The van der Waals surface area contributed by atoms with Gasteiger partial charge in [-0.15, -0.1) is 0 Å². The lowest BCUT2D eigenvalue weighted by Gasteiger charge is -2.10. The van der Waals surface area contributed by atoms with Gasteiger partial charge in [0.15, 0.2) is 6.61 Å². The number of hydrogen-bond acceptors (Lipinski definition) is 4. The van der Waals surface area contributed by atoms with Crippen LogP contribution < -0.4 is 10.6 Å². The number of urea groups is 1. The summed E-state index contributed by atoms with van der Waals surface area (Å²) in [6.45, 7) is 3.15. The van der Waals surface area contributed by atoms with E-state index in [1.807, 2.05) is 26.0 Å². The molecule has 0 aliphatic rings. The molecule has 6 nitrogen and oxygen atoms in total. The Bertz CT molecular complexity index is 848. The lowest BCUT2D eigenvalue weighted by atomic mass is 10.1. The number of hydrogen-bond donors (Lipinski definition) is 2. The maximum atomic E-state index is 11.9. The predicted octanol–water partition coefficient (Wildman–Crippen LogP) is 4.12. The number of anilines is 1. The van der Waals surface area contributed by atoms with Crippen LogP contribution in [0.15, 0.2) is 36.4 Å². The van der Waals surface area contributed by atoms with Gasteiger partial charge in [-0.2, -0.15) is 0 Å². The van der Waals surface area contributed by atoms with Gasteiger partial charge in [-0.25, -0.2) is 9.59 Å². The van der Waals surface area contributed by atoms with Crippen LogP contribution in [0, 0.1) is 13.8 Å². The lowest BCUT2D eigenvalue weighted by Crippen LogP contribution is -2.37. The van der Waals surface area contributed by atoms with Crippen molar-refractivity contribution in [3.63, 3.8) is 0 Å². The summed E-state index contributed by atoms with van der Waals surface area (Å²) in [5.74, 6) is -1.55. The first-order valence-corrected chi connectivity index (χ1v) is 8.31. The molecule has 136 valence electrons. The van der Waals surface area contributed by atoms with E-state index in [-0.39, 0.29) is 15.6 Å². The molecular weight excluding hydrogens is 379 g/mol. The van der Waals surface area contributed by atoms with Crippen LogP contribution in [0.5, 0.6) is 0 Å². The van der Waals surface area contributed by atoms with Gasteiger partial charge < -0.3 is 10.1 Å². The normalized spacial score (nSPS) is 10.2. The van der Waals surface area contributed by atoms with Crippen molar-refractivity contribution in [3.8, 4) is 0 Å². The fourth-order valence-corrected chi connectivity index (χ4v) is 2.68. The number of rotatable bonds is 4. The van der Waals surface area contributed by atoms with Crippen molar-refractivity contribution in [2.75, 3.05) is 11.9 Å². The molecule has 0 aliphatic carbocycles.